The van der Waals surface area contributed by atoms with Crippen LogP contribution in [-0.4, -0.2) is 14.9 Å². The first kappa shape index (κ1) is 12.3. The molecule has 0 fully saturated rings. The van der Waals surface area contributed by atoms with Crippen molar-refractivity contribution in [2.45, 2.75) is 13.3 Å². The zero-order valence-corrected chi connectivity index (χ0v) is 11.0. The number of aryl methyl sites for hydroxylation is 1. The molecule has 0 unspecified atom stereocenters. The van der Waals surface area contributed by atoms with E-state index < -0.39 is 0 Å². The zero-order chi connectivity index (χ0) is 14.1. The van der Waals surface area contributed by atoms with Gasteiger partial charge < -0.3 is 4.98 Å². The summed E-state index contributed by atoms with van der Waals surface area (Å²) in [5, 5.41) is 11.1. The average molecular weight is 267 g/mol. The van der Waals surface area contributed by atoms with Gasteiger partial charge in [0, 0.05) is 17.2 Å². The average Bonchev–Trinajstić information content (AvgIpc) is 2.90. The van der Waals surface area contributed by atoms with Crippen LogP contribution in [0.15, 0.2) is 42.5 Å². The normalized spacial score (nSPS) is 10.8. The fourth-order valence-corrected chi connectivity index (χ4v) is 2.27. The Balaban J connectivity index is 2.14. The minimum Gasteiger partial charge on any atom is -0.338 e. The summed E-state index contributed by atoms with van der Waals surface area (Å²) in [5.74, 6) is 0.650. The highest BCUT2D eigenvalue weighted by atomic mass is 16.6. The van der Waals surface area contributed by atoms with Gasteiger partial charge in [-0.15, -0.1) is 0 Å². The van der Waals surface area contributed by atoms with Crippen molar-refractivity contribution in [3.63, 3.8) is 0 Å². The lowest BCUT2D eigenvalue weighted by Gasteiger charge is -2.02. The van der Waals surface area contributed by atoms with Gasteiger partial charge in [-0.1, -0.05) is 31.2 Å². The maximum Gasteiger partial charge on any atom is 0.273 e. The number of nitrogens with one attached hydrogen (secondary N) is 1. The molecule has 20 heavy (non-hydrogen) atoms. The molecule has 0 atom stereocenters. The maximum atomic E-state index is 11.1. The van der Waals surface area contributed by atoms with Crippen LogP contribution in [-0.2, 0) is 6.42 Å². The molecule has 1 aromatic heterocycles. The van der Waals surface area contributed by atoms with E-state index in [-0.39, 0.29) is 10.6 Å². The molecule has 0 saturated carbocycles. The first-order valence-corrected chi connectivity index (χ1v) is 6.41. The van der Waals surface area contributed by atoms with Crippen LogP contribution in [0.5, 0.6) is 0 Å². The van der Waals surface area contributed by atoms with Gasteiger partial charge in [-0.3, -0.25) is 10.1 Å². The Morgan fingerprint density at radius 3 is 2.75 bits per heavy atom. The van der Waals surface area contributed by atoms with Gasteiger partial charge in [0.15, 0.2) is 0 Å². The van der Waals surface area contributed by atoms with E-state index in [1.54, 1.807) is 12.1 Å². The topological polar surface area (TPSA) is 71.8 Å². The molecule has 0 saturated heterocycles. The molecule has 5 nitrogen and oxygen atoms in total. The number of imidazole rings is 1. The quantitative estimate of drug-likeness (QED) is 0.581. The van der Waals surface area contributed by atoms with Crippen molar-refractivity contribution in [3.05, 3.63) is 58.1 Å². The Kier molecular flexibility index (Phi) is 2.95. The number of benzene rings is 2. The summed E-state index contributed by atoms with van der Waals surface area (Å²) in [5.41, 5.74) is 3.37. The van der Waals surface area contributed by atoms with E-state index in [1.807, 2.05) is 37.3 Å². The Morgan fingerprint density at radius 2 is 2.05 bits per heavy atom. The number of nitro benzene ring substituents is 1. The third kappa shape index (κ3) is 2.03. The molecule has 3 rings (SSSR count). The first-order chi connectivity index (χ1) is 9.69. The molecule has 0 spiro atoms. The van der Waals surface area contributed by atoms with E-state index in [4.69, 9.17) is 0 Å². The monoisotopic (exact) mass is 267 g/mol. The lowest BCUT2D eigenvalue weighted by molar-refractivity contribution is -0.385. The van der Waals surface area contributed by atoms with E-state index in [0.29, 0.717) is 12.2 Å². The van der Waals surface area contributed by atoms with Crippen molar-refractivity contribution in [2.75, 3.05) is 0 Å². The number of hydrogen-bond acceptors (Lipinski definition) is 3. The van der Waals surface area contributed by atoms with Crippen molar-refractivity contribution < 1.29 is 4.92 Å². The number of para-hydroxylation sites is 2. The van der Waals surface area contributed by atoms with Crippen molar-refractivity contribution in [3.8, 4) is 11.4 Å². The number of H-pyrrole nitrogens is 1. The third-order valence-corrected chi connectivity index (χ3v) is 3.33. The van der Waals surface area contributed by atoms with Crippen LogP contribution < -0.4 is 0 Å². The van der Waals surface area contributed by atoms with Crippen LogP contribution in [0.3, 0.4) is 0 Å². The fourth-order valence-electron chi connectivity index (χ4n) is 2.27. The molecule has 1 N–H and O–H groups in total. The summed E-state index contributed by atoms with van der Waals surface area (Å²) in [6, 6.07) is 12.9. The van der Waals surface area contributed by atoms with Crippen LogP contribution in [0.4, 0.5) is 5.69 Å². The lowest BCUT2D eigenvalue weighted by atomic mass is 10.1. The van der Waals surface area contributed by atoms with Crippen molar-refractivity contribution in [2.24, 2.45) is 0 Å². The van der Waals surface area contributed by atoms with Crippen molar-refractivity contribution in [1.82, 2.24) is 9.97 Å². The molecule has 1 heterocycles. The Hall–Kier alpha value is -2.69. The second-order valence-electron chi connectivity index (χ2n) is 4.56. The molecule has 0 aliphatic carbocycles. The van der Waals surface area contributed by atoms with Crippen LogP contribution in [0.25, 0.3) is 22.4 Å². The largest absolute Gasteiger partial charge is 0.338 e. The Morgan fingerprint density at radius 1 is 1.25 bits per heavy atom. The predicted molar refractivity (Wildman–Crippen MR) is 77.6 cm³/mol. The highest BCUT2D eigenvalue weighted by Crippen LogP contribution is 2.27. The molecule has 0 radical (unpaired) electrons. The van der Waals surface area contributed by atoms with Gasteiger partial charge in [-0.25, -0.2) is 4.98 Å². The molecule has 100 valence electrons. The van der Waals surface area contributed by atoms with E-state index in [2.05, 4.69) is 9.97 Å². The Bertz CT molecular complexity index is 760. The number of nitrogens with zero attached hydrogens (tertiary/aromatic N) is 2. The lowest BCUT2D eigenvalue weighted by Crippen LogP contribution is -1.95. The molecule has 3 aromatic rings. The van der Waals surface area contributed by atoms with E-state index >= 15 is 0 Å². The van der Waals surface area contributed by atoms with Gasteiger partial charge in [0.1, 0.15) is 5.82 Å². The summed E-state index contributed by atoms with van der Waals surface area (Å²) in [7, 11) is 0. The minimum absolute atomic E-state index is 0.144. The highest BCUT2D eigenvalue weighted by molar-refractivity contribution is 5.79. The number of fused-ring (bicyclic) bond motifs is 1. The predicted octanol–water partition coefficient (Wildman–Crippen LogP) is 3.70. The molecular formula is C15H13N3O2. The van der Waals surface area contributed by atoms with Gasteiger partial charge in [-0.05, 0) is 18.6 Å². The van der Waals surface area contributed by atoms with E-state index in [0.717, 1.165) is 22.2 Å². The summed E-state index contributed by atoms with van der Waals surface area (Å²) in [6.07, 6.45) is 0.636. The molecule has 5 heteroatoms. The van der Waals surface area contributed by atoms with Crippen molar-refractivity contribution in [1.29, 1.82) is 0 Å². The Labute approximate surface area is 115 Å². The highest BCUT2D eigenvalue weighted by Gasteiger charge is 2.15. The molecule has 0 aliphatic rings. The molecule has 2 aromatic carbocycles. The SMILES string of the molecule is CCc1ccc(-c2nc3ccccc3[nH]2)cc1[N+](=O)[O-]. The smallest absolute Gasteiger partial charge is 0.273 e. The first-order valence-electron chi connectivity index (χ1n) is 6.41. The fraction of sp³-hybridized carbons (Fsp3) is 0.133. The number of rotatable bonds is 3. The van der Waals surface area contributed by atoms with Crippen LogP contribution in [0.1, 0.15) is 12.5 Å². The van der Waals surface area contributed by atoms with Gasteiger partial charge in [0.2, 0.25) is 0 Å². The van der Waals surface area contributed by atoms with E-state index in [9.17, 15) is 10.1 Å². The van der Waals surface area contributed by atoms with E-state index in [1.165, 1.54) is 0 Å². The summed E-state index contributed by atoms with van der Waals surface area (Å²) in [6.45, 7) is 1.91. The van der Waals surface area contributed by atoms with Crippen molar-refractivity contribution >= 4 is 16.7 Å². The summed E-state index contributed by atoms with van der Waals surface area (Å²) in [4.78, 5) is 18.4. The molecule has 0 aliphatic heterocycles. The van der Waals surface area contributed by atoms with Gasteiger partial charge in [-0.2, -0.15) is 0 Å². The second kappa shape index (κ2) is 4.77. The molecule has 0 amide bonds. The van der Waals surface area contributed by atoms with Crippen LogP contribution in [0, 0.1) is 10.1 Å². The van der Waals surface area contributed by atoms with Gasteiger partial charge in [0.25, 0.3) is 5.69 Å². The summed E-state index contributed by atoms with van der Waals surface area (Å²) < 4.78 is 0. The van der Waals surface area contributed by atoms with Crippen LogP contribution in [0.2, 0.25) is 0 Å². The number of aromatic amines is 1. The number of hydrogen-bond donors (Lipinski definition) is 1. The standard InChI is InChI=1S/C15H13N3O2/c1-2-10-7-8-11(9-14(10)18(19)20)15-16-12-5-3-4-6-13(12)17-15/h3-9H,2H2,1H3,(H,16,17). The minimum atomic E-state index is -0.342. The third-order valence-electron chi connectivity index (χ3n) is 3.33. The zero-order valence-electron chi connectivity index (χ0n) is 11.0. The van der Waals surface area contributed by atoms with Gasteiger partial charge in [0.05, 0.1) is 16.0 Å². The number of nitro groups is 1. The number of aromatic nitrogens is 2. The molecule has 0 bridgehead atoms. The van der Waals surface area contributed by atoms with Gasteiger partial charge >= 0.3 is 0 Å². The summed E-state index contributed by atoms with van der Waals surface area (Å²) >= 11 is 0. The molecular weight excluding hydrogens is 254 g/mol. The van der Waals surface area contributed by atoms with Crippen LogP contribution >= 0.6 is 0 Å². The maximum absolute atomic E-state index is 11.1. The second-order valence-corrected chi connectivity index (χ2v) is 4.56.